The number of non-ortho nitro benzene ring substituents is 1. The van der Waals surface area contributed by atoms with E-state index in [1.54, 1.807) is 6.07 Å². The molecule has 7 nitrogen and oxygen atoms in total. The third-order valence-electron chi connectivity index (χ3n) is 3.54. The van der Waals surface area contributed by atoms with Crippen LogP contribution < -0.4 is 0 Å². The zero-order chi connectivity index (χ0) is 19.5. The molecule has 0 saturated heterocycles. The van der Waals surface area contributed by atoms with E-state index < -0.39 is 26.0 Å². The van der Waals surface area contributed by atoms with Gasteiger partial charge in [0, 0.05) is 12.1 Å². The number of esters is 1. The van der Waals surface area contributed by atoms with E-state index >= 15 is 0 Å². The van der Waals surface area contributed by atoms with E-state index in [4.69, 9.17) is 27.9 Å². The molecular weight excluding hydrogens is 405 g/mol. The van der Waals surface area contributed by atoms with Crippen molar-refractivity contribution < 1.29 is 22.9 Å². The molecule has 0 aliphatic rings. The van der Waals surface area contributed by atoms with E-state index in [9.17, 15) is 23.3 Å². The number of sulfone groups is 1. The minimum atomic E-state index is -4.04. The molecule has 0 heterocycles. The maximum atomic E-state index is 12.5. The van der Waals surface area contributed by atoms with Gasteiger partial charge in [0.1, 0.15) is 6.61 Å². The number of carbonyl (C=O) groups is 1. The first-order valence-electron chi connectivity index (χ1n) is 7.22. The van der Waals surface area contributed by atoms with Crippen LogP contribution >= 0.6 is 23.2 Å². The smallest absolute Gasteiger partial charge is 0.324 e. The van der Waals surface area contributed by atoms with Gasteiger partial charge in [-0.15, -0.1) is 0 Å². The summed E-state index contributed by atoms with van der Waals surface area (Å²) in [5.74, 6) is -0.950. The fraction of sp³-hybridized carbons (Fsp3) is 0.188. The lowest BCUT2D eigenvalue weighted by molar-refractivity contribution is -0.384. The monoisotopic (exact) mass is 417 g/mol. The number of nitrogens with zero attached hydrogens (tertiary/aromatic N) is 1. The van der Waals surface area contributed by atoms with E-state index in [1.807, 2.05) is 0 Å². The Morgan fingerprint density at radius 3 is 2.31 bits per heavy atom. The van der Waals surface area contributed by atoms with Gasteiger partial charge >= 0.3 is 5.97 Å². The Bertz CT molecular complexity index is 944. The fourth-order valence-electron chi connectivity index (χ4n) is 1.99. The molecule has 0 bridgehead atoms. The summed E-state index contributed by atoms with van der Waals surface area (Å²) in [6.07, 6.45) is 0. The van der Waals surface area contributed by atoms with E-state index in [2.05, 4.69) is 0 Å². The van der Waals surface area contributed by atoms with Gasteiger partial charge < -0.3 is 4.74 Å². The highest BCUT2D eigenvalue weighted by Gasteiger charge is 2.31. The van der Waals surface area contributed by atoms with Crippen molar-refractivity contribution in [1.29, 1.82) is 0 Å². The van der Waals surface area contributed by atoms with Crippen LogP contribution in [0.1, 0.15) is 12.5 Å². The maximum absolute atomic E-state index is 12.5. The van der Waals surface area contributed by atoms with Crippen molar-refractivity contribution in [3.63, 3.8) is 0 Å². The predicted molar refractivity (Wildman–Crippen MR) is 96.0 cm³/mol. The van der Waals surface area contributed by atoms with E-state index in [-0.39, 0.29) is 22.2 Å². The molecule has 0 aromatic heterocycles. The molecule has 2 rings (SSSR count). The minimum Gasteiger partial charge on any atom is -0.460 e. The molecule has 0 amide bonds. The number of rotatable bonds is 6. The highest BCUT2D eigenvalue weighted by molar-refractivity contribution is 7.92. The molecule has 0 aliphatic carbocycles. The Labute approximate surface area is 159 Å². The Morgan fingerprint density at radius 1 is 1.15 bits per heavy atom. The summed E-state index contributed by atoms with van der Waals surface area (Å²) in [7, 11) is -4.04. The summed E-state index contributed by atoms with van der Waals surface area (Å²) in [6.45, 7) is 1.02. The number of halogens is 2. The summed E-state index contributed by atoms with van der Waals surface area (Å²) < 4.78 is 29.9. The lowest BCUT2D eigenvalue weighted by Gasteiger charge is -2.13. The van der Waals surface area contributed by atoms with Gasteiger partial charge in [0.2, 0.25) is 0 Å². The molecule has 0 aliphatic heterocycles. The average Bonchev–Trinajstić information content (AvgIpc) is 2.61. The van der Waals surface area contributed by atoms with Crippen LogP contribution in [0.5, 0.6) is 0 Å². The Balaban J connectivity index is 2.10. The number of hydrogen-bond acceptors (Lipinski definition) is 6. The number of hydrogen-bond donors (Lipinski definition) is 0. The van der Waals surface area contributed by atoms with E-state index in [1.165, 1.54) is 19.1 Å². The quantitative estimate of drug-likeness (QED) is 0.402. The molecule has 10 heteroatoms. The zero-order valence-electron chi connectivity index (χ0n) is 13.4. The van der Waals surface area contributed by atoms with Gasteiger partial charge in [-0.05, 0) is 36.8 Å². The third kappa shape index (κ3) is 4.51. The fourth-order valence-corrected chi connectivity index (χ4v) is 3.56. The second kappa shape index (κ2) is 8.03. The SMILES string of the molecule is CC(C(=O)OCc1ccc(Cl)c(Cl)c1)S(=O)(=O)c1ccc([N+](=O)[O-])cc1. The van der Waals surface area contributed by atoms with Crippen LogP contribution in [0.15, 0.2) is 47.4 Å². The minimum absolute atomic E-state index is 0.171. The van der Waals surface area contributed by atoms with Crippen molar-refractivity contribution in [1.82, 2.24) is 0 Å². The summed E-state index contributed by atoms with van der Waals surface area (Å²) in [5.41, 5.74) is 0.298. The molecule has 0 N–H and O–H groups in total. The maximum Gasteiger partial charge on any atom is 0.324 e. The highest BCUT2D eigenvalue weighted by Crippen LogP contribution is 2.24. The molecule has 0 radical (unpaired) electrons. The second-order valence-electron chi connectivity index (χ2n) is 5.29. The summed E-state index contributed by atoms with van der Waals surface area (Å²) in [4.78, 5) is 21.9. The van der Waals surface area contributed by atoms with Crippen LogP contribution in [-0.2, 0) is 26.0 Å². The molecular formula is C16H13Cl2NO6S. The van der Waals surface area contributed by atoms with Crippen LogP contribution in [0.25, 0.3) is 0 Å². The van der Waals surface area contributed by atoms with Crippen LogP contribution in [-0.4, -0.2) is 24.6 Å². The van der Waals surface area contributed by atoms with Crippen molar-refractivity contribution in [2.75, 3.05) is 0 Å². The highest BCUT2D eigenvalue weighted by atomic mass is 35.5. The number of nitro benzene ring substituents is 1. The van der Waals surface area contributed by atoms with Crippen molar-refractivity contribution in [3.05, 3.63) is 68.2 Å². The molecule has 1 atom stereocenters. The molecule has 1 unspecified atom stereocenters. The Kier molecular flexibility index (Phi) is 6.22. The standard InChI is InChI=1S/C16H13Cl2NO6S/c1-10(16(20)25-9-11-2-7-14(17)15(18)8-11)26(23,24)13-5-3-12(4-6-13)19(21)22/h2-8,10H,9H2,1H3. The van der Waals surface area contributed by atoms with Gasteiger partial charge in [0.25, 0.3) is 5.69 Å². The molecule has 138 valence electrons. The summed E-state index contributed by atoms with van der Waals surface area (Å²) in [6, 6.07) is 8.90. The topological polar surface area (TPSA) is 104 Å². The largest absolute Gasteiger partial charge is 0.460 e. The Hall–Kier alpha value is -2.16. The van der Waals surface area contributed by atoms with Gasteiger partial charge in [-0.3, -0.25) is 14.9 Å². The third-order valence-corrected chi connectivity index (χ3v) is 6.33. The van der Waals surface area contributed by atoms with Crippen molar-refractivity contribution in [2.24, 2.45) is 0 Å². The lowest BCUT2D eigenvalue weighted by Crippen LogP contribution is -2.29. The van der Waals surface area contributed by atoms with Gasteiger partial charge in [-0.2, -0.15) is 0 Å². The normalized spacial score (nSPS) is 12.4. The van der Waals surface area contributed by atoms with Crippen LogP contribution in [0, 0.1) is 10.1 Å². The molecule has 2 aromatic rings. The first kappa shape index (κ1) is 20.2. The number of ether oxygens (including phenoxy) is 1. The Morgan fingerprint density at radius 2 is 1.77 bits per heavy atom. The van der Waals surface area contributed by atoms with Gasteiger partial charge in [-0.1, -0.05) is 29.3 Å². The first-order valence-corrected chi connectivity index (χ1v) is 9.52. The summed E-state index contributed by atoms with van der Waals surface area (Å²) >= 11 is 11.7. The van der Waals surface area contributed by atoms with E-state index in [0.29, 0.717) is 10.6 Å². The predicted octanol–water partition coefficient (Wildman–Crippen LogP) is 3.81. The van der Waals surface area contributed by atoms with Crippen LogP contribution in [0.4, 0.5) is 5.69 Å². The van der Waals surface area contributed by atoms with Crippen molar-refractivity contribution in [3.8, 4) is 0 Å². The second-order valence-corrected chi connectivity index (χ2v) is 8.38. The molecule has 2 aromatic carbocycles. The van der Waals surface area contributed by atoms with E-state index in [0.717, 1.165) is 24.3 Å². The zero-order valence-corrected chi connectivity index (χ0v) is 15.7. The summed E-state index contributed by atoms with van der Waals surface area (Å²) in [5, 5.41) is 9.78. The van der Waals surface area contributed by atoms with Gasteiger partial charge in [0.15, 0.2) is 15.1 Å². The molecule has 0 fully saturated rings. The van der Waals surface area contributed by atoms with Crippen molar-refractivity contribution >= 4 is 44.7 Å². The number of nitro groups is 1. The van der Waals surface area contributed by atoms with Crippen LogP contribution in [0.2, 0.25) is 10.0 Å². The molecule has 0 saturated carbocycles. The number of carbonyl (C=O) groups excluding carboxylic acids is 1. The molecule has 0 spiro atoms. The number of benzene rings is 2. The van der Waals surface area contributed by atoms with Crippen LogP contribution in [0.3, 0.4) is 0 Å². The lowest BCUT2D eigenvalue weighted by atomic mass is 10.2. The average molecular weight is 418 g/mol. The van der Waals surface area contributed by atoms with Crippen molar-refractivity contribution in [2.45, 2.75) is 23.7 Å². The first-order chi connectivity index (χ1) is 12.1. The van der Waals surface area contributed by atoms with Gasteiger partial charge in [0.05, 0.1) is 19.9 Å². The molecule has 26 heavy (non-hydrogen) atoms. The van der Waals surface area contributed by atoms with Gasteiger partial charge in [-0.25, -0.2) is 8.42 Å².